The number of aromatic nitrogens is 2. The van der Waals surface area contributed by atoms with Crippen LogP contribution in [0.15, 0.2) is 47.0 Å². The highest BCUT2D eigenvalue weighted by atomic mass is 19.1. The fourth-order valence-corrected chi connectivity index (χ4v) is 1.90. The van der Waals surface area contributed by atoms with Crippen LogP contribution >= 0.6 is 0 Å². The highest BCUT2D eigenvalue weighted by Crippen LogP contribution is 2.30. The quantitative estimate of drug-likeness (QED) is 0.800. The maximum atomic E-state index is 13.0. The Morgan fingerprint density at radius 1 is 1.19 bits per heavy atom. The summed E-state index contributed by atoms with van der Waals surface area (Å²) in [5.41, 5.74) is 0.990. The summed E-state index contributed by atoms with van der Waals surface area (Å²) in [6.45, 7) is 0. The molecule has 1 N–H and O–H groups in total. The molecule has 6 heteroatoms. The molecule has 2 aromatic carbocycles. The van der Waals surface area contributed by atoms with E-state index in [9.17, 15) is 9.50 Å². The number of hydrogen-bond donors (Lipinski definition) is 1. The van der Waals surface area contributed by atoms with Gasteiger partial charge in [0, 0.05) is 11.6 Å². The molecule has 21 heavy (non-hydrogen) atoms. The fourth-order valence-electron chi connectivity index (χ4n) is 1.90. The number of benzene rings is 2. The molecule has 0 aliphatic heterocycles. The van der Waals surface area contributed by atoms with E-state index in [0.29, 0.717) is 17.1 Å². The SMILES string of the molecule is COc1cccc(-c2noc(-c3ccc(F)cc3O)n2)c1. The van der Waals surface area contributed by atoms with Crippen molar-refractivity contribution in [1.82, 2.24) is 10.1 Å². The minimum atomic E-state index is -0.538. The highest BCUT2D eigenvalue weighted by molar-refractivity contribution is 5.65. The van der Waals surface area contributed by atoms with E-state index >= 15 is 0 Å². The number of nitrogens with zero attached hydrogens (tertiary/aromatic N) is 2. The lowest BCUT2D eigenvalue weighted by Gasteiger charge is -2.00. The van der Waals surface area contributed by atoms with Gasteiger partial charge in [-0.25, -0.2) is 4.39 Å². The first-order valence-corrected chi connectivity index (χ1v) is 6.14. The second kappa shape index (κ2) is 5.24. The van der Waals surface area contributed by atoms with Gasteiger partial charge >= 0.3 is 0 Å². The monoisotopic (exact) mass is 286 g/mol. The van der Waals surface area contributed by atoms with Crippen LogP contribution in [-0.4, -0.2) is 22.4 Å². The Morgan fingerprint density at radius 2 is 2.05 bits per heavy atom. The molecule has 0 fully saturated rings. The van der Waals surface area contributed by atoms with Crippen molar-refractivity contribution in [2.45, 2.75) is 0 Å². The van der Waals surface area contributed by atoms with Crippen molar-refractivity contribution < 1.29 is 18.8 Å². The van der Waals surface area contributed by atoms with Gasteiger partial charge < -0.3 is 14.4 Å². The lowest BCUT2D eigenvalue weighted by molar-refractivity contribution is 0.414. The van der Waals surface area contributed by atoms with Gasteiger partial charge in [0.15, 0.2) is 0 Å². The average Bonchev–Trinajstić information content (AvgIpc) is 2.97. The Balaban J connectivity index is 1.99. The van der Waals surface area contributed by atoms with Crippen LogP contribution in [0.25, 0.3) is 22.8 Å². The van der Waals surface area contributed by atoms with Crippen molar-refractivity contribution in [1.29, 1.82) is 0 Å². The van der Waals surface area contributed by atoms with Gasteiger partial charge in [-0.05, 0) is 24.3 Å². The lowest BCUT2D eigenvalue weighted by atomic mass is 10.2. The Morgan fingerprint density at radius 3 is 2.81 bits per heavy atom. The Hall–Kier alpha value is -2.89. The van der Waals surface area contributed by atoms with Crippen LogP contribution in [0.2, 0.25) is 0 Å². The molecule has 0 spiro atoms. The highest BCUT2D eigenvalue weighted by Gasteiger charge is 2.14. The van der Waals surface area contributed by atoms with Gasteiger partial charge in [0.25, 0.3) is 5.89 Å². The van der Waals surface area contributed by atoms with Crippen LogP contribution in [0.4, 0.5) is 4.39 Å². The van der Waals surface area contributed by atoms with E-state index in [1.165, 1.54) is 12.1 Å². The summed E-state index contributed by atoms with van der Waals surface area (Å²) in [5, 5.41) is 13.6. The van der Waals surface area contributed by atoms with Crippen LogP contribution in [0.5, 0.6) is 11.5 Å². The molecule has 0 saturated heterocycles. The number of ether oxygens (including phenoxy) is 1. The van der Waals surface area contributed by atoms with Crippen molar-refractivity contribution in [3.05, 3.63) is 48.3 Å². The Kier molecular flexibility index (Phi) is 3.27. The van der Waals surface area contributed by atoms with E-state index in [-0.39, 0.29) is 17.2 Å². The minimum absolute atomic E-state index is 0.116. The molecule has 1 heterocycles. The first-order valence-electron chi connectivity index (χ1n) is 6.14. The van der Waals surface area contributed by atoms with E-state index in [2.05, 4.69) is 10.1 Å². The number of methoxy groups -OCH3 is 1. The number of aromatic hydroxyl groups is 1. The summed E-state index contributed by atoms with van der Waals surface area (Å²) in [6, 6.07) is 10.8. The normalized spacial score (nSPS) is 10.6. The van der Waals surface area contributed by atoms with Gasteiger partial charge in [0.2, 0.25) is 5.82 Å². The number of rotatable bonds is 3. The molecule has 1 aromatic heterocycles. The van der Waals surface area contributed by atoms with Gasteiger partial charge in [-0.3, -0.25) is 0 Å². The Labute approximate surface area is 119 Å². The van der Waals surface area contributed by atoms with Crippen molar-refractivity contribution in [3.8, 4) is 34.3 Å². The van der Waals surface area contributed by atoms with Crippen molar-refractivity contribution in [2.24, 2.45) is 0 Å². The molecule has 0 aliphatic carbocycles. The first kappa shape index (κ1) is 13.1. The van der Waals surface area contributed by atoms with E-state index in [1.54, 1.807) is 25.3 Å². The number of phenolic OH excluding ortho intramolecular Hbond substituents is 1. The second-order valence-corrected chi connectivity index (χ2v) is 4.32. The van der Waals surface area contributed by atoms with Crippen LogP contribution in [-0.2, 0) is 0 Å². The molecule has 5 nitrogen and oxygen atoms in total. The largest absolute Gasteiger partial charge is 0.507 e. The molecule has 0 atom stereocenters. The van der Waals surface area contributed by atoms with E-state index in [0.717, 1.165) is 6.07 Å². The lowest BCUT2D eigenvalue weighted by Crippen LogP contribution is -1.85. The summed E-state index contributed by atoms with van der Waals surface area (Å²) in [5.74, 6) is 0.348. The van der Waals surface area contributed by atoms with Gasteiger partial charge in [-0.15, -0.1) is 0 Å². The van der Waals surface area contributed by atoms with Crippen molar-refractivity contribution >= 4 is 0 Å². The summed E-state index contributed by atoms with van der Waals surface area (Å²) >= 11 is 0. The molecule has 0 radical (unpaired) electrons. The van der Waals surface area contributed by atoms with Crippen LogP contribution in [0.3, 0.4) is 0 Å². The molecule has 0 amide bonds. The van der Waals surface area contributed by atoms with Gasteiger partial charge in [0.1, 0.15) is 17.3 Å². The van der Waals surface area contributed by atoms with Crippen LogP contribution in [0, 0.1) is 5.82 Å². The van der Waals surface area contributed by atoms with Crippen molar-refractivity contribution in [3.63, 3.8) is 0 Å². The smallest absolute Gasteiger partial charge is 0.262 e. The number of hydrogen-bond acceptors (Lipinski definition) is 5. The molecule has 3 aromatic rings. The van der Waals surface area contributed by atoms with Crippen molar-refractivity contribution in [2.75, 3.05) is 7.11 Å². The standard InChI is InChI=1S/C15H11FN2O3/c1-20-11-4-2-3-9(7-11)14-17-15(21-18-14)12-6-5-10(16)8-13(12)19/h2-8,19H,1H3. The topological polar surface area (TPSA) is 68.4 Å². The van der Waals surface area contributed by atoms with Gasteiger partial charge in [-0.1, -0.05) is 17.3 Å². The molecule has 0 unspecified atom stereocenters. The molecule has 3 rings (SSSR count). The zero-order valence-electron chi connectivity index (χ0n) is 11.1. The third-order valence-electron chi connectivity index (χ3n) is 2.94. The molecule has 0 aliphatic rings. The first-order chi connectivity index (χ1) is 10.2. The predicted molar refractivity (Wildman–Crippen MR) is 73.3 cm³/mol. The Bertz CT molecular complexity index is 786. The summed E-state index contributed by atoms with van der Waals surface area (Å²) in [6.07, 6.45) is 0. The molecule has 0 bridgehead atoms. The zero-order valence-corrected chi connectivity index (χ0v) is 11.1. The third kappa shape index (κ3) is 2.55. The summed E-state index contributed by atoms with van der Waals surface area (Å²) in [7, 11) is 1.57. The number of halogens is 1. The number of phenols is 1. The van der Waals surface area contributed by atoms with E-state index < -0.39 is 5.82 Å². The maximum Gasteiger partial charge on any atom is 0.262 e. The second-order valence-electron chi connectivity index (χ2n) is 4.32. The minimum Gasteiger partial charge on any atom is -0.507 e. The zero-order chi connectivity index (χ0) is 14.8. The molecular weight excluding hydrogens is 275 g/mol. The summed E-state index contributed by atoms with van der Waals surface area (Å²) in [4.78, 5) is 4.20. The van der Waals surface area contributed by atoms with E-state index in [1.807, 2.05) is 6.07 Å². The molecule has 0 saturated carbocycles. The predicted octanol–water partition coefficient (Wildman–Crippen LogP) is 3.26. The molecular formula is C15H11FN2O3. The maximum absolute atomic E-state index is 13.0. The average molecular weight is 286 g/mol. The van der Waals surface area contributed by atoms with Crippen LogP contribution < -0.4 is 4.74 Å². The molecule has 106 valence electrons. The fraction of sp³-hybridized carbons (Fsp3) is 0.0667. The van der Waals surface area contributed by atoms with Crippen LogP contribution in [0.1, 0.15) is 0 Å². The van der Waals surface area contributed by atoms with E-state index in [4.69, 9.17) is 9.26 Å². The van der Waals surface area contributed by atoms with Gasteiger partial charge in [-0.2, -0.15) is 4.98 Å². The third-order valence-corrected chi connectivity index (χ3v) is 2.94. The van der Waals surface area contributed by atoms with Gasteiger partial charge in [0.05, 0.1) is 12.7 Å². The summed E-state index contributed by atoms with van der Waals surface area (Å²) < 4.78 is 23.2.